The third-order valence-electron chi connectivity index (χ3n) is 2.64. The summed E-state index contributed by atoms with van der Waals surface area (Å²) in [4.78, 5) is 10.8. The van der Waals surface area contributed by atoms with Crippen LogP contribution in [0.25, 0.3) is 11.3 Å². The second kappa shape index (κ2) is 4.89. The summed E-state index contributed by atoms with van der Waals surface area (Å²) in [5.74, 6) is -0.458. The first-order valence-electron chi connectivity index (χ1n) is 5.39. The minimum Gasteiger partial charge on any atom is -0.465 e. The largest absolute Gasteiger partial charge is 0.465 e. The molecule has 0 unspecified atom stereocenters. The van der Waals surface area contributed by atoms with Gasteiger partial charge in [0.05, 0.1) is 22.1 Å². The molecule has 0 bridgehead atoms. The van der Waals surface area contributed by atoms with Crippen LogP contribution in [0.5, 0.6) is 0 Å². The molecule has 19 heavy (non-hydrogen) atoms. The highest BCUT2D eigenvalue weighted by molar-refractivity contribution is 6.33. The first-order valence-corrected chi connectivity index (χ1v) is 5.77. The van der Waals surface area contributed by atoms with Crippen LogP contribution in [0, 0.1) is 12.7 Å². The minimum atomic E-state index is -1.20. The average Bonchev–Trinajstić information content (AvgIpc) is 2.54. The Balaban J connectivity index is 2.64. The Bertz CT molecular complexity index is 655. The molecular formula is C12H11ClFN3O2. The lowest BCUT2D eigenvalue weighted by atomic mass is 10.1. The maximum Gasteiger partial charge on any atom is 0.409 e. The molecule has 0 fully saturated rings. The number of rotatable bonds is 2. The van der Waals surface area contributed by atoms with Crippen LogP contribution in [0.15, 0.2) is 18.2 Å². The van der Waals surface area contributed by atoms with E-state index in [-0.39, 0.29) is 5.02 Å². The number of carboxylic acid groups (broad SMARTS) is 1. The van der Waals surface area contributed by atoms with Gasteiger partial charge in [0.2, 0.25) is 0 Å². The van der Waals surface area contributed by atoms with Gasteiger partial charge in [-0.3, -0.25) is 10.00 Å². The van der Waals surface area contributed by atoms with Gasteiger partial charge in [-0.05, 0) is 25.1 Å². The van der Waals surface area contributed by atoms with E-state index in [0.717, 1.165) is 0 Å². The molecule has 0 aliphatic rings. The molecule has 2 rings (SSSR count). The molecule has 0 radical (unpaired) electrons. The van der Waals surface area contributed by atoms with Crippen molar-refractivity contribution < 1.29 is 14.3 Å². The van der Waals surface area contributed by atoms with Crippen LogP contribution in [-0.4, -0.2) is 21.0 Å². The quantitative estimate of drug-likeness (QED) is 0.889. The Morgan fingerprint density at radius 3 is 2.79 bits per heavy atom. The van der Waals surface area contributed by atoms with Crippen molar-refractivity contribution >= 4 is 23.4 Å². The van der Waals surface area contributed by atoms with Crippen LogP contribution in [0.4, 0.5) is 14.9 Å². The summed E-state index contributed by atoms with van der Waals surface area (Å²) in [5.41, 5.74) is 1.85. The summed E-state index contributed by atoms with van der Waals surface area (Å²) in [6.45, 7) is 1.67. The lowest BCUT2D eigenvalue weighted by molar-refractivity contribution is 0.209. The maximum absolute atomic E-state index is 13.1. The molecule has 1 amide bonds. The lowest BCUT2D eigenvalue weighted by Gasteiger charge is -2.08. The zero-order valence-electron chi connectivity index (χ0n) is 10.2. The van der Waals surface area contributed by atoms with Gasteiger partial charge in [0.25, 0.3) is 0 Å². The maximum atomic E-state index is 13.1. The third kappa shape index (κ3) is 2.53. The zero-order valence-corrected chi connectivity index (χ0v) is 11.0. The number of benzene rings is 1. The first kappa shape index (κ1) is 13.4. The summed E-state index contributed by atoms with van der Waals surface area (Å²) in [7, 11) is 1.66. The standard InChI is InChI=1S/C12H11ClFN3O2/c1-6-10(15-12(18)19)11(17(2)16-6)8-4-3-7(14)5-9(8)13/h3-5,15H,1-2H3,(H,18,19). The predicted octanol–water partition coefficient (Wildman–Crippen LogP) is 3.28. The van der Waals surface area contributed by atoms with E-state index in [1.165, 1.54) is 22.9 Å². The van der Waals surface area contributed by atoms with Gasteiger partial charge in [-0.1, -0.05) is 11.6 Å². The molecule has 2 aromatic rings. The summed E-state index contributed by atoms with van der Waals surface area (Å²) in [5, 5.41) is 15.5. The Morgan fingerprint density at radius 1 is 1.53 bits per heavy atom. The van der Waals surface area contributed by atoms with Crippen LogP contribution in [0.1, 0.15) is 5.69 Å². The van der Waals surface area contributed by atoms with Crippen LogP contribution in [0.2, 0.25) is 5.02 Å². The van der Waals surface area contributed by atoms with Crippen molar-refractivity contribution in [1.82, 2.24) is 9.78 Å². The van der Waals surface area contributed by atoms with Crippen molar-refractivity contribution in [3.8, 4) is 11.3 Å². The molecule has 0 saturated carbocycles. The molecule has 1 aromatic carbocycles. The topological polar surface area (TPSA) is 67.2 Å². The van der Waals surface area contributed by atoms with Crippen molar-refractivity contribution in [2.45, 2.75) is 6.92 Å². The number of nitrogens with zero attached hydrogens (tertiary/aromatic N) is 2. The van der Waals surface area contributed by atoms with E-state index < -0.39 is 11.9 Å². The highest BCUT2D eigenvalue weighted by atomic mass is 35.5. The molecule has 100 valence electrons. The fourth-order valence-corrected chi connectivity index (χ4v) is 2.16. The van der Waals surface area contributed by atoms with Gasteiger partial charge in [0.15, 0.2) is 0 Å². The van der Waals surface area contributed by atoms with Crippen LogP contribution in [-0.2, 0) is 7.05 Å². The van der Waals surface area contributed by atoms with E-state index in [4.69, 9.17) is 16.7 Å². The molecule has 1 aromatic heterocycles. The Labute approximate surface area is 113 Å². The fourth-order valence-electron chi connectivity index (χ4n) is 1.91. The van der Waals surface area contributed by atoms with E-state index in [1.807, 2.05) is 0 Å². The second-order valence-corrected chi connectivity index (χ2v) is 4.39. The SMILES string of the molecule is Cc1nn(C)c(-c2ccc(F)cc2Cl)c1NC(=O)O. The van der Waals surface area contributed by atoms with Gasteiger partial charge in [-0.25, -0.2) is 9.18 Å². The van der Waals surface area contributed by atoms with Crippen molar-refractivity contribution in [3.63, 3.8) is 0 Å². The highest BCUT2D eigenvalue weighted by Crippen LogP contribution is 2.35. The highest BCUT2D eigenvalue weighted by Gasteiger charge is 2.19. The number of aromatic nitrogens is 2. The Hall–Kier alpha value is -2.08. The number of nitrogens with one attached hydrogen (secondary N) is 1. The lowest BCUT2D eigenvalue weighted by Crippen LogP contribution is -2.09. The number of hydrogen-bond donors (Lipinski definition) is 2. The Kier molecular flexibility index (Phi) is 3.44. The monoisotopic (exact) mass is 283 g/mol. The number of amides is 1. The van der Waals surface area contributed by atoms with Gasteiger partial charge in [-0.2, -0.15) is 5.10 Å². The minimum absolute atomic E-state index is 0.191. The van der Waals surface area contributed by atoms with E-state index in [1.54, 1.807) is 14.0 Å². The van der Waals surface area contributed by atoms with E-state index >= 15 is 0 Å². The summed E-state index contributed by atoms with van der Waals surface area (Å²) >= 11 is 6.00. The number of hydrogen-bond acceptors (Lipinski definition) is 2. The predicted molar refractivity (Wildman–Crippen MR) is 70.0 cm³/mol. The number of halogens is 2. The first-order chi connectivity index (χ1) is 8.90. The number of aryl methyl sites for hydroxylation is 2. The molecule has 5 nitrogen and oxygen atoms in total. The van der Waals surface area contributed by atoms with Gasteiger partial charge in [-0.15, -0.1) is 0 Å². The molecule has 0 aliphatic heterocycles. The van der Waals surface area contributed by atoms with Gasteiger partial charge in [0.1, 0.15) is 5.82 Å². The summed E-state index contributed by atoms with van der Waals surface area (Å²) < 4.78 is 14.6. The fraction of sp³-hybridized carbons (Fsp3) is 0.167. The summed E-state index contributed by atoms with van der Waals surface area (Å²) in [6.07, 6.45) is -1.20. The second-order valence-electron chi connectivity index (χ2n) is 3.99. The normalized spacial score (nSPS) is 10.5. The molecule has 7 heteroatoms. The van der Waals surface area contributed by atoms with E-state index in [9.17, 15) is 9.18 Å². The molecule has 0 saturated heterocycles. The molecule has 0 atom stereocenters. The van der Waals surface area contributed by atoms with E-state index in [0.29, 0.717) is 22.6 Å². The van der Waals surface area contributed by atoms with Gasteiger partial charge >= 0.3 is 6.09 Å². The molecule has 0 spiro atoms. The van der Waals surface area contributed by atoms with Gasteiger partial charge < -0.3 is 5.11 Å². The number of carbonyl (C=O) groups is 1. The van der Waals surface area contributed by atoms with Gasteiger partial charge in [0, 0.05) is 12.6 Å². The molecular weight excluding hydrogens is 273 g/mol. The Morgan fingerprint density at radius 2 is 2.21 bits per heavy atom. The van der Waals surface area contributed by atoms with Crippen molar-refractivity contribution in [2.24, 2.45) is 7.05 Å². The molecule has 1 heterocycles. The number of anilines is 1. The van der Waals surface area contributed by atoms with Crippen molar-refractivity contribution in [3.05, 3.63) is 34.7 Å². The van der Waals surface area contributed by atoms with Crippen LogP contribution in [0.3, 0.4) is 0 Å². The van der Waals surface area contributed by atoms with Crippen molar-refractivity contribution in [1.29, 1.82) is 0 Å². The molecule has 2 N–H and O–H groups in total. The zero-order chi connectivity index (χ0) is 14.2. The van der Waals surface area contributed by atoms with Crippen LogP contribution >= 0.6 is 11.6 Å². The summed E-state index contributed by atoms with van der Waals surface area (Å²) in [6, 6.07) is 3.92. The van der Waals surface area contributed by atoms with Crippen LogP contribution < -0.4 is 5.32 Å². The average molecular weight is 284 g/mol. The molecule has 0 aliphatic carbocycles. The van der Waals surface area contributed by atoms with E-state index in [2.05, 4.69) is 10.4 Å². The smallest absolute Gasteiger partial charge is 0.409 e. The van der Waals surface area contributed by atoms with Crippen molar-refractivity contribution in [2.75, 3.05) is 5.32 Å². The third-order valence-corrected chi connectivity index (χ3v) is 2.95.